The normalized spacial score (nSPS) is 19.9. The van der Waals surface area contributed by atoms with Crippen molar-refractivity contribution in [3.05, 3.63) is 35.5 Å². The molecule has 17 heavy (non-hydrogen) atoms. The lowest BCUT2D eigenvalue weighted by Gasteiger charge is -2.30. The highest BCUT2D eigenvalue weighted by atomic mass is 15.1. The lowest BCUT2D eigenvalue weighted by Crippen LogP contribution is -2.33. The molecule has 1 heterocycles. The van der Waals surface area contributed by atoms with E-state index >= 15 is 0 Å². The Balaban J connectivity index is 2.12. The van der Waals surface area contributed by atoms with Crippen molar-refractivity contribution in [2.45, 2.75) is 25.3 Å². The molecule has 0 N–H and O–H groups in total. The van der Waals surface area contributed by atoms with Crippen LogP contribution in [0, 0.1) is 0 Å². The van der Waals surface area contributed by atoms with Gasteiger partial charge in [0.15, 0.2) is 0 Å². The van der Waals surface area contributed by atoms with Gasteiger partial charge >= 0.3 is 0 Å². The smallest absolute Gasteiger partial charge is 0.0480 e. The Hall–Kier alpha value is -1.28. The predicted octanol–water partition coefficient (Wildman–Crippen LogP) is 2.60. The van der Waals surface area contributed by atoms with E-state index in [1.54, 1.807) is 11.1 Å². The van der Waals surface area contributed by atoms with Crippen molar-refractivity contribution in [2.24, 2.45) is 7.05 Å². The van der Waals surface area contributed by atoms with Crippen LogP contribution in [-0.2, 0) is 19.9 Å². The Morgan fingerprint density at radius 2 is 2.06 bits per heavy atom. The highest BCUT2D eigenvalue weighted by Gasteiger charge is 2.22. The summed E-state index contributed by atoms with van der Waals surface area (Å²) in [5.74, 6) is 0. The minimum Gasteiger partial charge on any atom is -0.351 e. The second-order valence-corrected chi connectivity index (χ2v) is 5.42. The maximum atomic E-state index is 2.37. The van der Waals surface area contributed by atoms with Gasteiger partial charge in [-0.1, -0.05) is 6.07 Å². The fourth-order valence-electron chi connectivity index (χ4n) is 3.03. The zero-order valence-corrected chi connectivity index (χ0v) is 10.9. The molecule has 1 aromatic carbocycles. The molecule has 0 aliphatic heterocycles. The van der Waals surface area contributed by atoms with Gasteiger partial charge in [-0.3, -0.25) is 0 Å². The summed E-state index contributed by atoms with van der Waals surface area (Å²) in [6.07, 6.45) is 5.88. The molecule has 1 aliphatic rings. The first-order valence-electron chi connectivity index (χ1n) is 6.39. The van der Waals surface area contributed by atoms with Crippen molar-refractivity contribution < 1.29 is 0 Å². The molecule has 0 unspecified atom stereocenters. The molecule has 90 valence electrons. The lowest BCUT2D eigenvalue weighted by atomic mass is 9.86. The minimum atomic E-state index is 0.702. The Kier molecular flexibility index (Phi) is 2.48. The highest BCUT2D eigenvalue weighted by molar-refractivity contribution is 5.85. The topological polar surface area (TPSA) is 8.17 Å². The van der Waals surface area contributed by atoms with E-state index in [1.807, 2.05) is 0 Å². The molecule has 0 saturated carbocycles. The molecule has 1 aliphatic carbocycles. The molecule has 0 radical (unpaired) electrons. The average molecular weight is 228 g/mol. The van der Waals surface area contributed by atoms with E-state index in [9.17, 15) is 0 Å². The van der Waals surface area contributed by atoms with Gasteiger partial charge in [-0.15, -0.1) is 0 Å². The summed E-state index contributed by atoms with van der Waals surface area (Å²) in [4.78, 5) is 2.37. The lowest BCUT2D eigenvalue weighted by molar-refractivity contribution is 0.269. The molecule has 3 rings (SSSR count). The summed E-state index contributed by atoms with van der Waals surface area (Å²) in [6, 6.07) is 7.56. The van der Waals surface area contributed by atoms with Crippen LogP contribution in [-0.4, -0.2) is 29.6 Å². The second-order valence-electron chi connectivity index (χ2n) is 5.42. The van der Waals surface area contributed by atoms with Crippen molar-refractivity contribution in [1.82, 2.24) is 9.47 Å². The maximum Gasteiger partial charge on any atom is 0.0480 e. The summed E-state index contributed by atoms with van der Waals surface area (Å²) in [6.45, 7) is 0. The average Bonchev–Trinajstić information content (AvgIpc) is 2.71. The minimum absolute atomic E-state index is 0.702. The first kappa shape index (κ1) is 10.8. The number of hydrogen-bond acceptors (Lipinski definition) is 1. The maximum absolute atomic E-state index is 2.37. The molecular weight excluding hydrogens is 208 g/mol. The molecule has 0 bridgehead atoms. The van der Waals surface area contributed by atoms with Crippen LogP contribution in [0.25, 0.3) is 10.9 Å². The van der Waals surface area contributed by atoms with Crippen molar-refractivity contribution in [3.63, 3.8) is 0 Å². The summed E-state index contributed by atoms with van der Waals surface area (Å²) in [7, 11) is 6.52. The summed E-state index contributed by atoms with van der Waals surface area (Å²) in [5, 5.41) is 1.46. The van der Waals surface area contributed by atoms with Crippen LogP contribution in [0.15, 0.2) is 24.4 Å². The van der Waals surface area contributed by atoms with E-state index in [2.05, 4.69) is 55.0 Å². The van der Waals surface area contributed by atoms with Gasteiger partial charge < -0.3 is 9.47 Å². The van der Waals surface area contributed by atoms with E-state index in [4.69, 9.17) is 0 Å². The van der Waals surface area contributed by atoms with Crippen molar-refractivity contribution in [1.29, 1.82) is 0 Å². The van der Waals surface area contributed by atoms with Gasteiger partial charge in [0, 0.05) is 30.2 Å². The molecule has 2 heteroatoms. The number of hydrogen-bond donors (Lipinski definition) is 0. The number of nitrogens with zero attached hydrogens (tertiary/aromatic N) is 2. The molecule has 0 spiro atoms. The van der Waals surface area contributed by atoms with Crippen LogP contribution in [0.1, 0.15) is 17.5 Å². The van der Waals surface area contributed by atoms with Gasteiger partial charge in [-0.25, -0.2) is 0 Å². The first-order valence-corrected chi connectivity index (χ1v) is 6.39. The Morgan fingerprint density at radius 3 is 2.82 bits per heavy atom. The van der Waals surface area contributed by atoms with Gasteiger partial charge in [-0.2, -0.15) is 0 Å². The summed E-state index contributed by atoms with van der Waals surface area (Å²) in [5.41, 5.74) is 4.50. The molecule has 1 atom stereocenters. The zero-order valence-electron chi connectivity index (χ0n) is 10.9. The SMILES string of the molecule is CN(C)[C@@H]1CCc2ccc3c(ccn3C)c2C1. The standard InChI is InChI=1S/C15H20N2/c1-16(2)12-6-4-11-5-7-15-13(14(11)10-12)8-9-17(15)3/h5,7-9,12H,4,6,10H2,1-3H3/t12-/m1/s1. The van der Waals surface area contributed by atoms with Crippen LogP contribution >= 0.6 is 0 Å². The fourth-order valence-corrected chi connectivity index (χ4v) is 3.03. The van der Waals surface area contributed by atoms with Crippen molar-refractivity contribution >= 4 is 10.9 Å². The predicted molar refractivity (Wildman–Crippen MR) is 72.4 cm³/mol. The van der Waals surface area contributed by atoms with Crippen molar-refractivity contribution in [3.8, 4) is 0 Å². The number of aryl methyl sites for hydroxylation is 2. The zero-order chi connectivity index (χ0) is 12.0. The second kappa shape index (κ2) is 3.88. The molecule has 0 amide bonds. The summed E-state index contributed by atoms with van der Waals surface area (Å²) >= 11 is 0. The van der Waals surface area contributed by atoms with Crippen LogP contribution in [0.2, 0.25) is 0 Å². The molecule has 1 aromatic heterocycles. The summed E-state index contributed by atoms with van der Waals surface area (Å²) < 4.78 is 2.22. The van der Waals surface area contributed by atoms with Gasteiger partial charge in [-0.05, 0) is 56.6 Å². The van der Waals surface area contributed by atoms with Crippen LogP contribution < -0.4 is 0 Å². The van der Waals surface area contributed by atoms with Gasteiger partial charge in [0.1, 0.15) is 0 Å². The van der Waals surface area contributed by atoms with Crippen molar-refractivity contribution in [2.75, 3.05) is 14.1 Å². The quantitative estimate of drug-likeness (QED) is 0.728. The van der Waals surface area contributed by atoms with Crippen LogP contribution in [0.3, 0.4) is 0 Å². The Bertz CT molecular complexity index is 551. The Morgan fingerprint density at radius 1 is 1.24 bits per heavy atom. The van der Waals surface area contributed by atoms with Gasteiger partial charge in [0.25, 0.3) is 0 Å². The van der Waals surface area contributed by atoms with E-state index < -0.39 is 0 Å². The first-order chi connectivity index (χ1) is 8.16. The highest BCUT2D eigenvalue weighted by Crippen LogP contribution is 2.30. The molecular formula is C15H20N2. The number of benzene rings is 1. The Labute approximate surface area is 103 Å². The van der Waals surface area contributed by atoms with E-state index in [-0.39, 0.29) is 0 Å². The van der Waals surface area contributed by atoms with Gasteiger partial charge in [0.2, 0.25) is 0 Å². The van der Waals surface area contributed by atoms with E-state index in [0.717, 1.165) is 0 Å². The fraction of sp³-hybridized carbons (Fsp3) is 0.467. The monoisotopic (exact) mass is 228 g/mol. The molecule has 2 aromatic rings. The third-order valence-electron chi connectivity index (χ3n) is 4.19. The third-order valence-corrected chi connectivity index (χ3v) is 4.19. The molecule has 0 saturated heterocycles. The van der Waals surface area contributed by atoms with Crippen LogP contribution in [0.4, 0.5) is 0 Å². The van der Waals surface area contributed by atoms with E-state index in [1.165, 1.54) is 30.2 Å². The van der Waals surface area contributed by atoms with Crippen LogP contribution in [0.5, 0.6) is 0 Å². The van der Waals surface area contributed by atoms with E-state index in [0.29, 0.717) is 6.04 Å². The molecule has 2 nitrogen and oxygen atoms in total. The number of likely N-dealkylation sites (N-methyl/N-ethyl adjacent to an activating group) is 1. The number of rotatable bonds is 1. The number of fused-ring (bicyclic) bond motifs is 3. The molecule has 0 fully saturated rings. The number of aromatic nitrogens is 1. The third kappa shape index (κ3) is 1.67. The largest absolute Gasteiger partial charge is 0.351 e. The van der Waals surface area contributed by atoms with Gasteiger partial charge in [0.05, 0.1) is 0 Å².